The minimum atomic E-state index is -0.293. The van der Waals surface area contributed by atoms with Crippen LogP contribution in [0.4, 0.5) is 0 Å². The number of hydrogen-bond donors (Lipinski definition) is 1. The third-order valence-electron chi connectivity index (χ3n) is 4.42. The average molecular weight is 318 g/mol. The van der Waals surface area contributed by atoms with Crippen molar-refractivity contribution in [1.82, 2.24) is 30.1 Å². The summed E-state index contributed by atoms with van der Waals surface area (Å²) < 4.78 is 6.76. The molecule has 1 fully saturated rings. The first kappa shape index (κ1) is 15.7. The third-order valence-corrected chi connectivity index (χ3v) is 4.42. The van der Waals surface area contributed by atoms with Crippen molar-refractivity contribution in [3.8, 4) is 0 Å². The lowest BCUT2D eigenvalue weighted by Crippen LogP contribution is -2.42. The smallest absolute Gasteiger partial charge is 0.292 e. The zero-order valence-corrected chi connectivity index (χ0v) is 13.7. The third kappa shape index (κ3) is 3.26. The molecule has 0 bridgehead atoms. The number of carbonyl (C=O) groups is 1. The van der Waals surface area contributed by atoms with Gasteiger partial charge in [-0.2, -0.15) is 10.1 Å². The number of hydrogen-bond acceptors (Lipinski definition) is 6. The number of aryl methyl sites for hydroxylation is 2. The van der Waals surface area contributed by atoms with Crippen molar-refractivity contribution in [2.45, 2.75) is 25.8 Å². The van der Waals surface area contributed by atoms with Gasteiger partial charge < -0.3 is 9.84 Å². The molecule has 1 saturated heterocycles. The number of nitrogens with one attached hydrogen (secondary N) is 1. The molecule has 0 aromatic carbocycles. The van der Waals surface area contributed by atoms with Gasteiger partial charge in [0.25, 0.3) is 11.7 Å². The Balaban J connectivity index is 1.69. The summed E-state index contributed by atoms with van der Waals surface area (Å²) >= 11 is 0. The highest BCUT2D eigenvalue weighted by atomic mass is 16.5. The van der Waals surface area contributed by atoms with E-state index in [-0.39, 0.29) is 17.8 Å². The summed E-state index contributed by atoms with van der Waals surface area (Å²) in [7, 11) is 4.07. The Kier molecular flexibility index (Phi) is 4.42. The van der Waals surface area contributed by atoms with Gasteiger partial charge in [-0.25, -0.2) is 0 Å². The van der Waals surface area contributed by atoms with E-state index in [0.717, 1.165) is 19.4 Å². The van der Waals surface area contributed by atoms with Gasteiger partial charge in [0.15, 0.2) is 0 Å². The quantitative estimate of drug-likeness (QED) is 0.902. The normalized spacial score (nSPS) is 22.2. The molecule has 0 unspecified atom stereocenters. The Bertz CT molecular complexity index is 679. The van der Waals surface area contributed by atoms with Crippen LogP contribution in [0.3, 0.4) is 0 Å². The highest BCUT2D eigenvalue weighted by Crippen LogP contribution is 2.34. The van der Waals surface area contributed by atoms with Crippen LogP contribution in [-0.2, 0) is 7.05 Å². The predicted molar refractivity (Wildman–Crippen MR) is 82.7 cm³/mol. The van der Waals surface area contributed by atoms with E-state index >= 15 is 0 Å². The van der Waals surface area contributed by atoms with Gasteiger partial charge >= 0.3 is 0 Å². The number of carbonyl (C=O) groups excluding carboxylic acids is 1. The van der Waals surface area contributed by atoms with Crippen molar-refractivity contribution >= 4 is 5.91 Å². The molecule has 2 atom stereocenters. The summed E-state index contributed by atoms with van der Waals surface area (Å²) in [6, 6.07) is 2.28. The standard InChI is InChI=1S/C15H22N6O2/c1-10-18-14(19-23-10)15(22)16-9-11-5-4-8-20(2)13(11)12-6-7-17-21(12)3/h6-7,11,13H,4-5,8-9H2,1-3H3,(H,16,22)/t11-,13+/m0/s1. The van der Waals surface area contributed by atoms with Gasteiger partial charge in [0, 0.05) is 26.7 Å². The molecule has 2 aromatic heterocycles. The lowest BCUT2D eigenvalue weighted by Gasteiger charge is -2.39. The monoisotopic (exact) mass is 318 g/mol. The fourth-order valence-corrected chi connectivity index (χ4v) is 3.31. The molecule has 3 heterocycles. The van der Waals surface area contributed by atoms with E-state index in [4.69, 9.17) is 4.52 Å². The zero-order chi connectivity index (χ0) is 16.4. The van der Waals surface area contributed by atoms with Crippen molar-refractivity contribution in [1.29, 1.82) is 0 Å². The Morgan fingerprint density at radius 2 is 2.30 bits per heavy atom. The van der Waals surface area contributed by atoms with Gasteiger partial charge in [0.1, 0.15) is 0 Å². The molecule has 1 aliphatic rings. The van der Waals surface area contributed by atoms with Gasteiger partial charge in [-0.15, -0.1) is 0 Å². The average Bonchev–Trinajstić information content (AvgIpc) is 3.13. The maximum atomic E-state index is 12.1. The molecule has 1 aliphatic heterocycles. The topological polar surface area (TPSA) is 89.1 Å². The van der Waals surface area contributed by atoms with Gasteiger partial charge in [0.05, 0.1) is 11.7 Å². The first-order chi connectivity index (χ1) is 11.1. The molecule has 0 radical (unpaired) electrons. The molecule has 2 aromatic rings. The molecule has 1 N–H and O–H groups in total. The van der Waals surface area contributed by atoms with Crippen LogP contribution < -0.4 is 5.32 Å². The van der Waals surface area contributed by atoms with Gasteiger partial charge in [-0.1, -0.05) is 5.16 Å². The van der Waals surface area contributed by atoms with E-state index in [9.17, 15) is 4.79 Å². The molecule has 1 amide bonds. The van der Waals surface area contributed by atoms with Crippen LogP contribution in [0, 0.1) is 12.8 Å². The highest BCUT2D eigenvalue weighted by Gasteiger charge is 2.32. The summed E-state index contributed by atoms with van der Waals surface area (Å²) in [5.74, 6) is 0.504. The Morgan fingerprint density at radius 3 is 2.96 bits per heavy atom. The molecule has 0 saturated carbocycles. The lowest BCUT2D eigenvalue weighted by molar-refractivity contribution is 0.0869. The number of nitrogens with zero attached hydrogens (tertiary/aromatic N) is 5. The first-order valence-corrected chi connectivity index (χ1v) is 7.83. The Morgan fingerprint density at radius 1 is 1.48 bits per heavy atom. The summed E-state index contributed by atoms with van der Waals surface area (Å²) in [5.41, 5.74) is 1.17. The van der Waals surface area contributed by atoms with E-state index in [1.54, 1.807) is 6.92 Å². The first-order valence-electron chi connectivity index (χ1n) is 7.83. The summed E-state index contributed by atoms with van der Waals surface area (Å²) in [4.78, 5) is 18.4. The number of piperidine rings is 1. The molecule has 3 rings (SSSR count). The maximum Gasteiger partial charge on any atom is 0.292 e. The van der Waals surface area contributed by atoms with Gasteiger partial charge in [-0.3, -0.25) is 14.4 Å². The molecule has 23 heavy (non-hydrogen) atoms. The summed E-state index contributed by atoms with van der Waals surface area (Å²) in [6.07, 6.45) is 3.99. The predicted octanol–water partition coefficient (Wildman–Crippen LogP) is 0.924. The maximum absolute atomic E-state index is 12.1. The second kappa shape index (κ2) is 6.49. The largest absolute Gasteiger partial charge is 0.349 e. The van der Waals surface area contributed by atoms with Crippen LogP contribution >= 0.6 is 0 Å². The van der Waals surface area contributed by atoms with Crippen LogP contribution in [0.25, 0.3) is 0 Å². The summed E-state index contributed by atoms with van der Waals surface area (Å²) in [6.45, 7) is 3.29. The molecule has 8 heteroatoms. The molecule has 0 aliphatic carbocycles. The second-order valence-corrected chi connectivity index (χ2v) is 6.05. The van der Waals surface area contributed by atoms with Crippen molar-refractivity contribution < 1.29 is 9.32 Å². The van der Waals surface area contributed by atoms with Crippen LogP contribution in [-0.4, -0.2) is 50.9 Å². The number of aromatic nitrogens is 4. The molecule has 8 nitrogen and oxygen atoms in total. The molecule has 0 spiro atoms. The molecular weight excluding hydrogens is 296 g/mol. The van der Waals surface area contributed by atoms with Crippen LogP contribution in [0.2, 0.25) is 0 Å². The lowest BCUT2D eigenvalue weighted by atomic mass is 9.87. The van der Waals surface area contributed by atoms with Crippen molar-refractivity contribution in [3.05, 3.63) is 29.7 Å². The van der Waals surface area contributed by atoms with E-state index in [1.807, 2.05) is 24.0 Å². The summed E-state index contributed by atoms with van der Waals surface area (Å²) in [5, 5.41) is 10.9. The minimum Gasteiger partial charge on any atom is -0.349 e. The molecular formula is C15H22N6O2. The Labute approximate surface area is 134 Å². The number of amides is 1. The van der Waals surface area contributed by atoms with E-state index < -0.39 is 0 Å². The molecule has 124 valence electrons. The van der Waals surface area contributed by atoms with Crippen LogP contribution in [0.5, 0.6) is 0 Å². The van der Waals surface area contributed by atoms with E-state index in [2.05, 4.69) is 32.5 Å². The highest BCUT2D eigenvalue weighted by molar-refractivity contribution is 5.90. The SMILES string of the molecule is Cc1nc(C(=O)NC[C@@H]2CCCN(C)[C@H]2c2ccnn2C)no1. The zero-order valence-electron chi connectivity index (χ0n) is 13.7. The van der Waals surface area contributed by atoms with E-state index in [0.29, 0.717) is 18.4 Å². The fourth-order valence-electron chi connectivity index (χ4n) is 3.31. The van der Waals surface area contributed by atoms with Crippen molar-refractivity contribution in [2.24, 2.45) is 13.0 Å². The second-order valence-electron chi connectivity index (χ2n) is 6.05. The van der Waals surface area contributed by atoms with E-state index in [1.165, 1.54) is 5.69 Å². The fraction of sp³-hybridized carbons (Fsp3) is 0.600. The minimum absolute atomic E-state index is 0.0868. The van der Waals surface area contributed by atoms with Crippen LogP contribution in [0.15, 0.2) is 16.8 Å². The van der Waals surface area contributed by atoms with Crippen LogP contribution in [0.1, 0.15) is 41.1 Å². The van der Waals surface area contributed by atoms with Gasteiger partial charge in [0.2, 0.25) is 5.89 Å². The van der Waals surface area contributed by atoms with Crippen molar-refractivity contribution in [3.63, 3.8) is 0 Å². The number of rotatable bonds is 4. The Hall–Kier alpha value is -2.22. The number of likely N-dealkylation sites (tertiary alicyclic amines) is 1. The van der Waals surface area contributed by atoms with Crippen molar-refractivity contribution in [2.75, 3.05) is 20.1 Å². The van der Waals surface area contributed by atoms with Gasteiger partial charge in [-0.05, 0) is 38.4 Å².